The second-order valence-corrected chi connectivity index (χ2v) is 9.03. The van der Waals surface area contributed by atoms with Crippen LogP contribution in [-0.2, 0) is 11.3 Å². The molecule has 1 aliphatic carbocycles. The van der Waals surface area contributed by atoms with Gasteiger partial charge in [-0.15, -0.1) is 11.8 Å². The first-order valence-corrected chi connectivity index (χ1v) is 12.5. The SMILES string of the molecule is CCCSC1=C(C=C2Oc3ccccc3N2CC)C(=O)C1=Cc1oc2ccccc2[n+]1CC. The summed E-state index contributed by atoms with van der Waals surface area (Å²) in [6.07, 6.45) is 4.82. The number of aryl methyl sites for hydroxylation is 1. The number of para-hydroxylation sites is 4. The summed E-state index contributed by atoms with van der Waals surface area (Å²) in [5, 5.41) is 0. The monoisotopic (exact) mass is 459 g/mol. The third kappa shape index (κ3) is 3.68. The number of carbonyl (C=O) groups is 1. The summed E-state index contributed by atoms with van der Waals surface area (Å²) in [6, 6.07) is 15.9. The lowest BCUT2D eigenvalue weighted by molar-refractivity contribution is -0.674. The van der Waals surface area contributed by atoms with Gasteiger partial charge in [-0.25, -0.2) is 0 Å². The Labute approximate surface area is 198 Å². The highest BCUT2D eigenvalue weighted by atomic mass is 32.2. The Bertz CT molecular complexity index is 1330. The summed E-state index contributed by atoms with van der Waals surface area (Å²) in [4.78, 5) is 16.4. The molecule has 2 aliphatic rings. The first kappa shape index (κ1) is 21.6. The summed E-state index contributed by atoms with van der Waals surface area (Å²) in [5.74, 6) is 3.19. The van der Waals surface area contributed by atoms with Crippen LogP contribution in [0.4, 0.5) is 5.69 Å². The maximum absolute atomic E-state index is 13.3. The smallest absolute Gasteiger partial charge is 0.374 e. The molecule has 2 aromatic carbocycles. The van der Waals surface area contributed by atoms with Crippen LogP contribution < -0.4 is 14.2 Å². The van der Waals surface area contributed by atoms with E-state index in [0.29, 0.717) is 22.9 Å². The number of oxazole rings is 1. The fourth-order valence-electron chi connectivity index (χ4n) is 4.28. The molecule has 168 valence electrons. The predicted octanol–water partition coefficient (Wildman–Crippen LogP) is 5.86. The number of hydrogen-bond acceptors (Lipinski definition) is 5. The van der Waals surface area contributed by atoms with E-state index < -0.39 is 0 Å². The minimum Gasteiger partial charge on any atom is -0.439 e. The molecule has 0 bridgehead atoms. The third-order valence-electron chi connectivity index (χ3n) is 5.87. The maximum Gasteiger partial charge on any atom is 0.374 e. The normalized spacial score (nSPS) is 17.8. The topological polar surface area (TPSA) is 46.6 Å². The largest absolute Gasteiger partial charge is 0.439 e. The first-order valence-electron chi connectivity index (χ1n) is 11.5. The van der Waals surface area contributed by atoms with Crippen LogP contribution in [0.3, 0.4) is 0 Å². The molecule has 0 unspecified atom stereocenters. The fourth-order valence-corrected chi connectivity index (χ4v) is 5.30. The molecule has 0 fully saturated rings. The van der Waals surface area contributed by atoms with Crippen molar-refractivity contribution < 1.29 is 18.5 Å². The van der Waals surface area contributed by atoms with Gasteiger partial charge in [0.1, 0.15) is 6.54 Å². The number of allylic oxidation sites excluding steroid dienone is 3. The zero-order chi connectivity index (χ0) is 22.9. The second kappa shape index (κ2) is 8.94. The molecule has 0 N–H and O–H groups in total. The number of Topliss-reactive ketones (excluding diaryl/α,β-unsaturated/α-hetero) is 1. The number of ketones is 1. The molecule has 0 atom stereocenters. The second-order valence-electron chi connectivity index (χ2n) is 7.93. The van der Waals surface area contributed by atoms with Crippen molar-refractivity contribution in [2.24, 2.45) is 0 Å². The van der Waals surface area contributed by atoms with Gasteiger partial charge in [0.2, 0.25) is 11.5 Å². The van der Waals surface area contributed by atoms with Gasteiger partial charge in [-0.2, -0.15) is 4.57 Å². The van der Waals surface area contributed by atoms with Gasteiger partial charge >= 0.3 is 5.89 Å². The number of benzene rings is 2. The van der Waals surface area contributed by atoms with E-state index in [1.807, 2.05) is 60.7 Å². The van der Waals surface area contributed by atoms with E-state index in [9.17, 15) is 4.79 Å². The van der Waals surface area contributed by atoms with Gasteiger partial charge in [0.15, 0.2) is 11.5 Å². The highest BCUT2D eigenvalue weighted by molar-refractivity contribution is 8.03. The van der Waals surface area contributed by atoms with Crippen molar-refractivity contribution in [3.05, 3.63) is 82.4 Å². The molecule has 3 aromatic rings. The number of hydrogen-bond donors (Lipinski definition) is 0. The van der Waals surface area contributed by atoms with Crippen molar-refractivity contribution in [2.45, 2.75) is 33.7 Å². The molecule has 5 nitrogen and oxygen atoms in total. The average molecular weight is 460 g/mol. The highest BCUT2D eigenvalue weighted by Gasteiger charge is 2.36. The lowest BCUT2D eigenvalue weighted by Crippen LogP contribution is -2.34. The lowest BCUT2D eigenvalue weighted by atomic mass is 9.89. The Kier molecular flexibility index (Phi) is 5.85. The molecule has 0 saturated carbocycles. The molecule has 6 heteroatoms. The van der Waals surface area contributed by atoms with E-state index >= 15 is 0 Å². The number of aromatic nitrogens is 1. The van der Waals surface area contributed by atoms with Crippen LogP contribution in [-0.4, -0.2) is 18.1 Å². The van der Waals surface area contributed by atoms with Crippen molar-refractivity contribution in [3.8, 4) is 5.75 Å². The van der Waals surface area contributed by atoms with Crippen molar-refractivity contribution in [1.29, 1.82) is 0 Å². The maximum atomic E-state index is 13.3. The summed E-state index contributed by atoms with van der Waals surface area (Å²) in [6.45, 7) is 7.84. The molecule has 5 rings (SSSR count). The average Bonchev–Trinajstić information content (AvgIpc) is 3.39. The minimum absolute atomic E-state index is 0.0276. The van der Waals surface area contributed by atoms with E-state index in [0.717, 1.165) is 52.7 Å². The first-order chi connectivity index (χ1) is 16.2. The summed E-state index contributed by atoms with van der Waals surface area (Å²) >= 11 is 1.72. The Morgan fingerprint density at radius 3 is 2.61 bits per heavy atom. The number of thioether (sulfide) groups is 1. The number of anilines is 1. The van der Waals surface area contributed by atoms with E-state index in [1.165, 1.54) is 0 Å². The zero-order valence-corrected chi connectivity index (χ0v) is 19.9. The van der Waals surface area contributed by atoms with Gasteiger partial charge in [-0.1, -0.05) is 31.2 Å². The van der Waals surface area contributed by atoms with Crippen LogP contribution in [0.1, 0.15) is 33.1 Å². The zero-order valence-electron chi connectivity index (χ0n) is 19.1. The molecule has 33 heavy (non-hydrogen) atoms. The van der Waals surface area contributed by atoms with E-state index in [2.05, 4.69) is 30.2 Å². The number of carbonyl (C=O) groups excluding carboxylic acids is 1. The van der Waals surface area contributed by atoms with Gasteiger partial charge < -0.3 is 14.1 Å². The molecule has 0 radical (unpaired) electrons. The molecule has 0 spiro atoms. The van der Waals surface area contributed by atoms with Crippen molar-refractivity contribution in [1.82, 2.24) is 0 Å². The number of ether oxygens (including phenoxy) is 1. The van der Waals surface area contributed by atoms with Gasteiger partial charge in [0.05, 0.1) is 11.8 Å². The van der Waals surface area contributed by atoms with Crippen LogP contribution in [0, 0.1) is 0 Å². The van der Waals surface area contributed by atoms with E-state index in [-0.39, 0.29) is 5.78 Å². The standard InChI is InChI=1S/C27H27N2O3S/c1-4-15-33-27-18(16-24-28(5-2)20-11-7-9-13-22(20)31-24)26(30)19(27)17-25-29(6-3)21-12-8-10-14-23(21)32-25/h7-14,16-17H,4-6,15H2,1-3H3/q+1. The quantitative estimate of drug-likeness (QED) is 0.327. The highest BCUT2D eigenvalue weighted by Crippen LogP contribution is 2.44. The van der Waals surface area contributed by atoms with Gasteiger partial charge in [0, 0.05) is 34.7 Å². The van der Waals surface area contributed by atoms with Crippen molar-refractivity contribution in [2.75, 3.05) is 17.2 Å². The van der Waals surface area contributed by atoms with Crippen molar-refractivity contribution in [3.63, 3.8) is 0 Å². The third-order valence-corrected chi connectivity index (χ3v) is 7.21. The lowest BCUT2D eigenvalue weighted by Gasteiger charge is -2.24. The Balaban J connectivity index is 1.56. The predicted molar refractivity (Wildman–Crippen MR) is 133 cm³/mol. The Hall–Kier alpha value is -3.25. The Morgan fingerprint density at radius 2 is 1.82 bits per heavy atom. The number of rotatable bonds is 7. The molecular weight excluding hydrogens is 432 g/mol. The molecule has 0 amide bonds. The molecular formula is C27H27N2O3S+. The van der Waals surface area contributed by atoms with Gasteiger partial charge in [-0.05, 0) is 44.2 Å². The van der Waals surface area contributed by atoms with Crippen LogP contribution >= 0.6 is 11.8 Å². The molecule has 1 aliphatic heterocycles. The number of nitrogens with zero attached hydrogens (tertiary/aromatic N) is 2. The molecule has 2 heterocycles. The minimum atomic E-state index is 0.0276. The molecule has 0 saturated heterocycles. The fraction of sp³-hybridized carbons (Fsp3) is 0.259. The summed E-state index contributed by atoms with van der Waals surface area (Å²) in [7, 11) is 0. The van der Waals surface area contributed by atoms with E-state index in [1.54, 1.807) is 11.8 Å². The van der Waals surface area contributed by atoms with Crippen LogP contribution in [0.15, 0.2) is 81.0 Å². The van der Waals surface area contributed by atoms with Gasteiger partial charge in [-0.3, -0.25) is 4.79 Å². The van der Waals surface area contributed by atoms with Crippen molar-refractivity contribution >= 4 is 40.4 Å². The summed E-state index contributed by atoms with van der Waals surface area (Å²) in [5.41, 5.74) is 4.30. The number of fused-ring (bicyclic) bond motifs is 2. The van der Waals surface area contributed by atoms with Crippen LogP contribution in [0.5, 0.6) is 5.75 Å². The Morgan fingerprint density at radius 1 is 1.03 bits per heavy atom. The molecule has 1 aromatic heterocycles. The van der Waals surface area contributed by atoms with Crippen LogP contribution in [0.2, 0.25) is 0 Å². The van der Waals surface area contributed by atoms with Crippen LogP contribution in [0.25, 0.3) is 17.2 Å². The summed E-state index contributed by atoms with van der Waals surface area (Å²) < 4.78 is 14.3. The van der Waals surface area contributed by atoms with E-state index in [4.69, 9.17) is 9.15 Å². The van der Waals surface area contributed by atoms with Gasteiger partial charge in [0.25, 0.3) is 5.52 Å².